The third kappa shape index (κ3) is 4.50. The fourth-order valence-corrected chi connectivity index (χ4v) is 1.25. The lowest BCUT2D eigenvalue weighted by Crippen LogP contribution is -2.17. The average molecular weight is 171 g/mol. The van der Waals surface area contributed by atoms with Crippen molar-refractivity contribution in [3.05, 3.63) is 0 Å². The summed E-state index contributed by atoms with van der Waals surface area (Å²) in [5.74, 6) is 0.617. The maximum absolute atomic E-state index is 10.8. The molecule has 0 aromatic carbocycles. The van der Waals surface area contributed by atoms with Crippen LogP contribution in [0.2, 0.25) is 0 Å². The predicted molar refractivity (Wildman–Crippen MR) is 52.2 cm³/mol. The zero-order valence-electron chi connectivity index (χ0n) is 8.68. The summed E-state index contributed by atoms with van der Waals surface area (Å²) in [6.07, 6.45) is 2.27. The van der Waals surface area contributed by atoms with Crippen molar-refractivity contribution in [1.82, 2.24) is 5.32 Å². The molecule has 0 aromatic heterocycles. The largest absolute Gasteiger partial charge is 0.314 e. The molecule has 0 radical (unpaired) electrons. The molecule has 2 unspecified atom stereocenters. The first-order valence-electron chi connectivity index (χ1n) is 4.85. The third-order valence-electron chi connectivity index (χ3n) is 1.93. The van der Waals surface area contributed by atoms with Crippen molar-refractivity contribution in [2.45, 2.75) is 46.6 Å². The van der Waals surface area contributed by atoms with Crippen LogP contribution in [0.1, 0.15) is 40.5 Å². The molecule has 2 heteroatoms. The van der Waals surface area contributed by atoms with Crippen LogP contribution >= 0.6 is 0 Å². The lowest BCUT2D eigenvalue weighted by Gasteiger charge is -1.99. The maximum atomic E-state index is 10.8. The highest BCUT2D eigenvalue weighted by atomic mass is 16.1. The van der Waals surface area contributed by atoms with Gasteiger partial charge in [-0.3, -0.25) is 4.79 Å². The third-order valence-corrected chi connectivity index (χ3v) is 1.93. The summed E-state index contributed by atoms with van der Waals surface area (Å²) in [7, 11) is 0. The monoisotopic (exact) mass is 171 g/mol. The molecular weight excluding hydrogens is 150 g/mol. The minimum Gasteiger partial charge on any atom is -0.314 e. The van der Waals surface area contributed by atoms with Gasteiger partial charge >= 0.3 is 0 Å². The second kappa shape index (κ2) is 6.18. The van der Waals surface area contributed by atoms with E-state index in [-0.39, 0.29) is 0 Å². The Morgan fingerprint density at radius 3 is 2.17 bits per heavy atom. The second-order valence-corrected chi connectivity index (χ2v) is 3.56. The molecule has 1 rings (SSSR count). The first-order chi connectivity index (χ1) is 5.61. The number of hydrogen-bond acceptors (Lipinski definition) is 2. The fraction of sp³-hybridized carbons (Fsp3) is 0.900. The van der Waals surface area contributed by atoms with Crippen molar-refractivity contribution in [3.8, 4) is 0 Å². The Labute approximate surface area is 75.7 Å². The van der Waals surface area contributed by atoms with Gasteiger partial charge in [-0.25, -0.2) is 0 Å². The summed E-state index contributed by atoms with van der Waals surface area (Å²) >= 11 is 0. The average Bonchev–Trinajstić information content (AvgIpc) is 2.37. The van der Waals surface area contributed by atoms with Crippen molar-refractivity contribution in [3.63, 3.8) is 0 Å². The highest BCUT2D eigenvalue weighted by Crippen LogP contribution is 2.13. The van der Waals surface area contributed by atoms with Crippen molar-refractivity contribution in [1.29, 1.82) is 0 Å². The number of Topliss-reactive ketones (excluding diaryl/α,β-unsaturated/α-hetero) is 1. The molecule has 2 atom stereocenters. The maximum Gasteiger partial charge on any atom is 0.134 e. The molecule has 0 bridgehead atoms. The van der Waals surface area contributed by atoms with Gasteiger partial charge < -0.3 is 5.32 Å². The molecule has 12 heavy (non-hydrogen) atoms. The Morgan fingerprint density at radius 2 is 2.00 bits per heavy atom. The number of rotatable bonds is 1. The summed E-state index contributed by atoms with van der Waals surface area (Å²) in [6.45, 7) is 8.92. The van der Waals surface area contributed by atoms with Crippen LogP contribution in [0.3, 0.4) is 0 Å². The number of nitrogens with one attached hydrogen (secondary N) is 1. The quantitative estimate of drug-likeness (QED) is 0.653. The molecule has 0 aliphatic carbocycles. The summed E-state index contributed by atoms with van der Waals surface area (Å²) in [4.78, 5) is 10.8. The molecular formula is C10H21NO. The smallest absolute Gasteiger partial charge is 0.134 e. The Balaban J connectivity index is 0.000000354. The zero-order chi connectivity index (χ0) is 9.56. The van der Waals surface area contributed by atoms with Crippen LogP contribution in [-0.4, -0.2) is 18.4 Å². The first-order valence-corrected chi connectivity index (χ1v) is 4.85. The van der Waals surface area contributed by atoms with Crippen molar-refractivity contribution < 1.29 is 4.79 Å². The minimum atomic E-state index is 0.292. The van der Waals surface area contributed by atoms with Crippen LogP contribution in [0.25, 0.3) is 0 Å². The van der Waals surface area contributed by atoms with E-state index in [0.29, 0.717) is 17.7 Å². The van der Waals surface area contributed by atoms with Crippen LogP contribution in [-0.2, 0) is 4.79 Å². The molecule has 1 aliphatic rings. The molecule has 0 amide bonds. The van der Waals surface area contributed by atoms with E-state index >= 15 is 0 Å². The van der Waals surface area contributed by atoms with Gasteiger partial charge in [-0.2, -0.15) is 0 Å². The van der Waals surface area contributed by atoms with E-state index in [9.17, 15) is 4.79 Å². The molecule has 2 nitrogen and oxygen atoms in total. The van der Waals surface area contributed by atoms with E-state index in [4.69, 9.17) is 0 Å². The molecule has 1 aliphatic heterocycles. The molecule has 1 saturated heterocycles. The molecule has 0 spiro atoms. The Hall–Kier alpha value is -0.370. The van der Waals surface area contributed by atoms with Crippen LogP contribution in [0, 0.1) is 5.92 Å². The Morgan fingerprint density at radius 1 is 1.50 bits per heavy atom. The topological polar surface area (TPSA) is 29.1 Å². The number of carbonyl (C=O) groups is 1. The summed E-state index contributed by atoms with van der Waals surface area (Å²) < 4.78 is 0. The summed E-state index contributed by atoms with van der Waals surface area (Å²) in [5.41, 5.74) is 0. The highest BCUT2D eigenvalue weighted by Gasteiger charge is 2.23. The lowest BCUT2D eigenvalue weighted by molar-refractivity contribution is -0.120. The molecule has 1 heterocycles. The van der Waals surface area contributed by atoms with E-state index in [0.717, 1.165) is 13.0 Å². The van der Waals surface area contributed by atoms with Crippen LogP contribution < -0.4 is 5.32 Å². The van der Waals surface area contributed by atoms with Gasteiger partial charge in [0.1, 0.15) is 5.78 Å². The Bertz CT molecular complexity index is 134. The fourth-order valence-electron chi connectivity index (χ4n) is 1.25. The molecule has 72 valence electrons. The number of carbonyl (C=O) groups excluding carboxylic acids is 1. The van der Waals surface area contributed by atoms with E-state index in [2.05, 4.69) is 26.1 Å². The second-order valence-electron chi connectivity index (χ2n) is 3.56. The number of ketones is 1. The standard InChI is InChI=1S/C7H13NO.C3H8/c1-5-3-7(4-8-5)6(2)9;1-3-2/h5,7-8H,3-4H2,1-2H3;3H2,1-2H3. The van der Waals surface area contributed by atoms with Gasteiger partial charge in [0.15, 0.2) is 0 Å². The van der Waals surface area contributed by atoms with Crippen molar-refractivity contribution in [2.24, 2.45) is 5.92 Å². The van der Waals surface area contributed by atoms with E-state index < -0.39 is 0 Å². The van der Waals surface area contributed by atoms with Crippen LogP contribution in [0.15, 0.2) is 0 Å². The van der Waals surface area contributed by atoms with Gasteiger partial charge in [0.2, 0.25) is 0 Å². The zero-order valence-corrected chi connectivity index (χ0v) is 8.68. The summed E-state index contributed by atoms with van der Waals surface area (Å²) in [6, 6.07) is 0.541. The van der Waals surface area contributed by atoms with Gasteiger partial charge in [0, 0.05) is 18.5 Å². The van der Waals surface area contributed by atoms with Crippen molar-refractivity contribution in [2.75, 3.05) is 6.54 Å². The molecule has 0 aromatic rings. The Kier molecular flexibility index (Phi) is 5.99. The first kappa shape index (κ1) is 11.6. The lowest BCUT2D eigenvalue weighted by atomic mass is 10.0. The number of hydrogen-bond donors (Lipinski definition) is 1. The van der Waals surface area contributed by atoms with Gasteiger partial charge in [0.25, 0.3) is 0 Å². The van der Waals surface area contributed by atoms with Crippen LogP contribution in [0.4, 0.5) is 0 Å². The molecule has 0 saturated carbocycles. The van der Waals surface area contributed by atoms with Gasteiger partial charge in [-0.1, -0.05) is 20.3 Å². The molecule has 1 N–H and O–H groups in total. The van der Waals surface area contributed by atoms with E-state index in [1.165, 1.54) is 6.42 Å². The van der Waals surface area contributed by atoms with Crippen molar-refractivity contribution >= 4 is 5.78 Å². The summed E-state index contributed by atoms with van der Waals surface area (Å²) in [5, 5.41) is 3.23. The van der Waals surface area contributed by atoms with Gasteiger partial charge in [0.05, 0.1) is 0 Å². The molecule has 1 fully saturated rings. The minimum absolute atomic E-state index is 0.292. The van der Waals surface area contributed by atoms with Crippen LogP contribution in [0.5, 0.6) is 0 Å². The van der Waals surface area contributed by atoms with Gasteiger partial charge in [-0.15, -0.1) is 0 Å². The van der Waals surface area contributed by atoms with E-state index in [1.54, 1.807) is 6.92 Å². The van der Waals surface area contributed by atoms with Gasteiger partial charge in [-0.05, 0) is 20.3 Å². The normalized spacial score (nSPS) is 27.7. The SMILES string of the molecule is CC(=O)C1CNC(C)C1.CCC. The van der Waals surface area contributed by atoms with E-state index in [1.807, 2.05) is 0 Å². The predicted octanol–water partition coefficient (Wildman–Crippen LogP) is 1.99. The highest BCUT2D eigenvalue weighted by molar-refractivity contribution is 5.78.